The van der Waals surface area contributed by atoms with Crippen molar-refractivity contribution in [2.75, 3.05) is 82.6 Å². The molecule has 38 heavy (non-hydrogen) atoms. The highest BCUT2D eigenvalue weighted by Crippen LogP contribution is 2.31. The SMILES string of the molecule is C=CC(=O)NCC[N+](C)(C)C.C=Cc1ccc(C[N+](C)(C)C)cc1.CCC1C[N+](C)(C)CC1CC.[Cl-].[Cl-].[Cl-]. The number of nitrogens with one attached hydrogen (secondary N) is 1. The molecule has 1 heterocycles. The van der Waals surface area contributed by atoms with E-state index in [1.165, 1.54) is 47.6 Å². The molecule has 0 radical (unpaired) electrons. The lowest BCUT2D eigenvalue weighted by molar-refractivity contribution is -0.884. The number of likely N-dealkylation sites (tertiary alicyclic amines) is 1. The number of halogens is 3. The zero-order valence-electron chi connectivity index (χ0n) is 25.9. The van der Waals surface area contributed by atoms with Crippen LogP contribution in [0.3, 0.4) is 0 Å². The van der Waals surface area contributed by atoms with Gasteiger partial charge < -0.3 is 56.0 Å². The lowest BCUT2D eigenvalue weighted by Crippen LogP contribution is -3.00. The lowest BCUT2D eigenvalue weighted by Gasteiger charge is -2.23. The van der Waals surface area contributed by atoms with E-state index in [0.717, 1.165) is 33.9 Å². The summed E-state index contributed by atoms with van der Waals surface area (Å²) in [5, 5.41) is 2.72. The molecule has 0 bridgehead atoms. The molecule has 1 amide bonds. The van der Waals surface area contributed by atoms with Gasteiger partial charge in [0.25, 0.3) is 0 Å². The number of carbonyl (C=O) groups excluding carboxylic acids is 1. The highest BCUT2D eigenvalue weighted by Gasteiger charge is 2.37. The maximum atomic E-state index is 10.7. The number of rotatable bonds is 9. The van der Waals surface area contributed by atoms with E-state index in [2.05, 4.69) is 113 Å². The smallest absolute Gasteiger partial charge is 0.243 e. The number of carbonyl (C=O) groups is 1. The summed E-state index contributed by atoms with van der Waals surface area (Å²) in [6, 6.07) is 8.55. The summed E-state index contributed by atoms with van der Waals surface area (Å²) >= 11 is 0. The van der Waals surface area contributed by atoms with Gasteiger partial charge in [-0.25, -0.2) is 0 Å². The third kappa shape index (κ3) is 21.8. The molecule has 8 heteroatoms. The first-order valence-electron chi connectivity index (χ1n) is 13.1. The molecule has 5 nitrogen and oxygen atoms in total. The Morgan fingerprint density at radius 1 is 0.895 bits per heavy atom. The van der Waals surface area contributed by atoms with Crippen LogP contribution in [0.1, 0.15) is 37.8 Å². The quantitative estimate of drug-likeness (QED) is 0.227. The Labute approximate surface area is 254 Å². The number of amides is 1. The van der Waals surface area contributed by atoms with Gasteiger partial charge >= 0.3 is 0 Å². The Hall–Kier alpha value is -1.08. The molecule has 0 aliphatic carbocycles. The van der Waals surface area contributed by atoms with Crippen molar-refractivity contribution in [1.29, 1.82) is 0 Å². The van der Waals surface area contributed by atoms with Crippen LogP contribution in [0.15, 0.2) is 43.5 Å². The molecule has 1 aromatic rings. The molecule has 2 rings (SSSR count). The van der Waals surface area contributed by atoms with Crippen LogP contribution in [0.4, 0.5) is 0 Å². The molecular formula is C30H57Cl3N4O. The van der Waals surface area contributed by atoms with Crippen molar-refractivity contribution >= 4 is 12.0 Å². The fourth-order valence-electron chi connectivity index (χ4n) is 4.46. The average molecular weight is 596 g/mol. The zero-order chi connectivity index (χ0) is 27.3. The highest BCUT2D eigenvalue weighted by molar-refractivity contribution is 5.86. The third-order valence-electron chi connectivity index (χ3n) is 6.31. The largest absolute Gasteiger partial charge is 1.00 e. The predicted octanol–water partition coefficient (Wildman–Crippen LogP) is -4.33. The van der Waals surface area contributed by atoms with E-state index in [0.29, 0.717) is 6.54 Å². The standard InChI is InChI=1S/C12H18N.C10H22N.C8H16N2O.3ClH/c1-5-11-6-8-12(9-7-11)10-13(2,3)4;1-5-9-7-11(3,4)8-10(9)6-2;1-5-8(11)9-6-7-10(2,3)4;;;/h5-9H,1,10H2,2-4H3;9-10H,5-8H2,1-4H3;5H,1,6-7H2,2-4H3;3*1H/q2*+1;;;;/p-2. The molecule has 224 valence electrons. The second kappa shape index (κ2) is 20.8. The van der Waals surface area contributed by atoms with Gasteiger partial charge in [0.15, 0.2) is 0 Å². The maximum absolute atomic E-state index is 10.7. The minimum absolute atomic E-state index is 0. The van der Waals surface area contributed by atoms with Gasteiger partial charge in [-0.15, -0.1) is 0 Å². The van der Waals surface area contributed by atoms with Crippen molar-refractivity contribution in [2.45, 2.75) is 33.2 Å². The average Bonchev–Trinajstić information content (AvgIpc) is 3.07. The predicted molar refractivity (Wildman–Crippen MR) is 154 cm³/mol. The van der Waals surface area contributed by atoms with Gasteiger partial charge in [-0.2, -0.15) is 0 Å². The second-order valence-corrected chi connectivity index (χ2v) is 12.5. The molecule has 0 saturated carbocycles. The monoisotopic (exact) mass is 594 g/mol. The van der Waals surface area contributed by atoms with Crippen molar-refractivity contribution in [3.63, 3.8) is 0 Å². The number of quaternary nitrogens is 3. The fraction of sp³-hybridized carbons (Fsp3) is 0.633. The number of nitrogens with zero attached hydrogens (tertiary/aromatic N) is 3. The van der Waals surface area contributed by atoms with Gasteiger partial charge in [0.05, 0.1) is 82.6 Å². The first-order chi connectivity index (χ1) is 16.1. The number of hydrogen-bond acceptors (Lipinski definition) is 1. The summed E-state index contributed by atoms with van der Waals surface area (Å²) < 4.78 is 3.07. The summed E-state index contributed by atoms with van der Waals surface area (Å²) in [6.07, 6.45) is 5.91. The van der Waals surface area contributed by atoms with Crippen LogP contribution in [0.25, 0.3) is 6.08 Å². The minimum Gasteiger partial charge on any atom is -1.00 e. The first-order valence-corrected chi connectivity index (χ1v) is 13.1. The maximum Gasteiger partial charge on any atom is 0.243 e. The molecule has 1 aliphatic rings. The molecule has 0 spiro atoms. The second-order valence-electron chi connectivity index (χ2n) is 12.5. The van der Waals surface area contributed by atoms with Crippen LogP contribution in [0.2, 0.25) is 0 Å². The van der Waals surface area contributed by atoms with Crippen molar-refractivity contribution in [3.8, 4) is 0 Å². The first kappa shape index (κ1) is 44.0. The van der Waals surface area contributed by atoms with E-state index in [9.17, 15) is 4.79 Å². The summed E-state index contributed by atoms with van der Waals surface area (Å²) in [5.41, 5.74) is 2.56. The molecule has 0 aromatic heterocycles. The summed E-state index contributed by atoms with van der Waals surface area (Å²) in [5.74, 6) is 1.89. The topological polar surface area (TPSA) is 29.1 Å². The molecule has 1 N–H and O–H groups in total. The van der Waals surface area contributed by atoms with E-state index in [4.69, 9.17) is 0 Å². The fourth-order valence-corrected chi connectivity index (χ4v) is 4.46. The molecule has 1 saturated heterocycles. The normalized spacial score (nSPS) is 17.4. The lowest BCUT2D eigenvalue weighted by atomic mass is 9.92. The zero-order valence-corrected chi connectivity index (χ0v) is 28.1. The number of likely N-dealkylation sites (N-methyl/N-ethyl adjacent to an activating group) is 1. The van der Waals surface area contributed by atoms with Crippen molar-refractivity contribution in [1.82, 2.24) is 5.32 Å². The van der Waals surface area contributed by atoms with E-state index < -0.39 is 0 Å². The Kier molecular flexibility index (Phi) is 24.0. The van der Waals surface area contributed by atoms with Gasteiger partial charge in [0.1, 0.15) is 6.54 Å². The Balaban J connectivity index is -0.000000221. The number of hydrogen-bond donors (Lipinski definition) is 1. The van der Waals surface area contributed by atoms with Crippen LogP contribution >= 0.6 is 0 Å². The minimum atomic E-state index is -0.0987. The van der Waals surface area contributed by atoms with Crippen LogP contribution in [-0.4, -0.2) is 102 Å². The highest BCUT2D eigenvalue weighted by atomic mass is 35.5. The molecule has 1 fully saturated rings. The van der Waals surface area contributed by atoms with Crippen LogP contribution in [0.5, 0.6) is 0 Å². The summed E-state index contributed by atoms with van der Waals surface area (Å²) in [6.45, 7) is 17.2. The van der Waals surface area contributed by atoms with Crippen molar-refractivity contribution in [2.24, 2.45) is 11.8 Å². The summed E-state index contributed by atoms with van der Waals surface area (Å²) in [7, 11) is 17.6. The van der Waals surface area contributed by atoms with Crippen LogP contribution in [-0.2, 0) is 11.3 Å². The van der Waals surface area contributed by atoms with Crippen molar-refractivity contribution < 1.29 is 55.5 Å². The Morgan fingerprint density at radius 3 is 1.66 bits per heavy atom. The van der Waals surface area contributed by atoms with Gasteiger partial charge in [-0.1, -0.05) is 57.3 Å². The molecule has 1 aliphatic heterocycles. The van der Waals surface area contributed by atoms with Crippen molar-refractivity contribution in [3.05, 3.63) is 54.6 Å². The summed E-state index contributed by atoms with van der Waals surface area (Å²) in [4.78, 5) is 10.7. The molecule has 1 aromatic carbocycles. The van der Waals surface area contributed by atoms with Gasteiger partial charge in [0, 0.05) is 17.4 Å². The van der Waals surface area contributed by atoms with Crippen LogP contribution in [0, 0.1) is 11.8 Å². The molecular weight excluding hydrogens is 539 g/mol. The van der Waals surface area contributed by atoms with E-state index >= 15 is 0 Å². The van der Waals surface area contributed by atoms with E-state index in [1.54, 1.807) is 0 Å². The third-order valence-corrected chi connectivity index (χ3v) is 6.31. The van der Waals surface area contributed by atoms with Gasteiger partial charge in [-0.05, 0) is 24.5 Å². The Morgan fingerprint density at radius 2 is 1.34 bits per heavy atom. The number of benzene rings is 1. The molecule has 2 atom stereocenters. The Bertz CT molecular complexity index is 755. The molecule has 2 unspecified atom stereocenters. The van der Waals surface area contributed by atoms with Gasteiger partial charge in [0.2, 0.25) is 5.91 Å². The van der Waals surface area contributed by atoms with E-state index in [1.807, 2.05) is 6.08 Å². The van der Waals surface area contributed by atoms with Crippen LogP contribution < -0.4 is 42.5 Å². The van der Waals surface area contributed by atoms with E-state index in [-0.39, 0.29) is 43.1 Å². The van der Waals surface area contributed by atoms with Gasteiger partial charge in [-0.3, -0.25) is 4.79 Å².